The summed E-state index contributed by atoms with van der Waals surface area (Å²) in [6, 6.07) is 3.02. The lowest BCUT2D eigenvalue weighted by Gasteiger charge is -2.10. The minimum atomic E-state index is -0.469. The second-order valence-electron chi connectivity index (χ2n) is 2.91. The van der Waals surface area contributed by atoms with Gasteiger partial charge in [-0.1, -0.05) is 11.6 Å². The van der Waals surface area contributed by atoms with Crippen molar-refractivity contribution in [2.24, 2.45) is 0 Å². The zero-order valence-corrected chi connectivity index (χ0v) is 10.1. The fraction of sp³-hybridized carbons (Fsp3) is 0.364. The molecule has 1 aromatic rings. The van der Waals surface area contributed by atoms with Crippen LogP contribution in [0.5, 0.6) is 11.5 Å². The monoisotopic (exact) mass is 244 g/mol. The van der Waals surface area contributed by atoms with Crippen molar-refractivity contribution in [2.45, 2.75) is 6.92 Å². The molecule has 0 saturated heterocycles. The van der Waals surface area contributed by atoms with E-state index in [4.69, 9.17) is 25.8 Å². The lowest BCUT2D eigenvalue weighted by atomic mass is 10.2. The predicted molar refractivity (Wildman–Crippen MR) is 60.5 cm³/mol. The van der Waals surface area contributed by atoms with E-state index < -0.39 is 5.97 Å². The van der Waals surface area contributed by atoms with Crippen LogP contribution in [-0.2, 0) is 4.74 Å². The molecule has 0 heterocycles. The lowest BCUT2D eigenvalue weighted by Crippen LogP contribution is -2.07. The number of ether oxygens (including phenoxy) is 3. The normalized spacial score (nSPS) is 9.75. The molecule has 1 rings (SSSR count). The minimum absolute atomic E-state index is 0.287. The molecule has 0 unspecified atom stereocenters. The van der Waals surface area contributed by atoms with Gasteiger partial charge in [-0.2, -0.15) is 0 Å². The predicted octanol–water partition coefficient (Wildman–Crippen LogP) is 2.53. The standard InChI is InChI=1S/C11H13ClO4/c1-4-16-11(13)7-5-8(12)10(15-3)6-9(7)14-2/h5-6H,4H2,1-3H3. The summed E-state index contributed by atoms with van der Waals surface area (Å²) in [6.07, 6.45) is 0. The molecule has 1 aromatic carbocycles. The van der Waals surface area contributed by atoms with Crippen LogP contribution < -0.4 is 9.47 Å². The van der Waals surface area contributed by atoms with Gasteiger partial charge in [0.05, 0.1) is 25.8 Å². The molecule has 5 heteroatoms. The molecular weight excluding hydrogens is 232 g/mol. The van der Waals surface area contributed by atoms with Crippen LogP contribution in [0.15, 0.2) is 12.1 Å². The van der Waals surface area contributed by atoms with Crippen LogP contribution in [0.1, 0.15) is 17.3 Å². The van der Waals surface area contributed by atoms with E-state index in [2.05, 4.69) is 0 Å². The average molecular weight is 245 g/mol. The Labute approximate surface area is 99.1 Å². The number of benzene rings is 1. The van der Waals surface area contributed by atoms with Crippen molar-refractivity contribution in [2.75, 3.05) is 20.8 Å². The van der Waals surface area contributed by atoms with Crippen molar-refractivity contribution in [3.8, 4) is 11.5 Å². The molecule has 0 spiro atoms. The Balaban J connectivity index is 3.17. The third-order valence-corrected chi connectivity index (χ3v) is 2.26. The first-order valence-electron chi connectivity index (χ1n) is 4.72. The Morgan fingerprint density at radius 1 is 1.25 bits per heavy atom. The lowest BCUT2D eigenvalue weighted by molar-refractivity contribution is 0.0522. The summed E-state index contributed by atoms with van der Waals surface area (Å²) < 4.78 is 15.0. The number of rotatable bonds is 4. The number of halogens is 1. The maximum absolute atomic E-state index is 11.6. The van der Waals surface area contributed by atoms with Gasteiger partial charge in [-0.15, -0.1) is 0 Å². The van der Waals surface area contributed by atoms with Crippen LogP contribution in [0.25, 0.3) is 0 Å². The topological polar surface area (TPSA) is 44.8 Å². The number of esters is 1. The Kier molecular flexibility index (Phi) is 4.43. The summed E-state index contributed by atoms with van der Waals surface area (Å²) in [6.45, 7) is 2.03. The smallest absolute Gasteiger partial charge is 0.341 e. The number of carbonyl (C=O) groups is 1. The molecule has 0 amide bonds. The van der Waals surface area contributed by atoms with E-state index in [0.717, 1.165) is 0 Å². The molecule has 0 aromatic heterocycles. The highest BCUT2D eigenvalue weighted by Crippen LogP contribution is 2.32. The molecule has 0 fully saturated rings. The van der Waals surface area contributed by atoms with E-state index in [1.54, 1.807) is 13.0 Å². The quantitative estimate of drug-likeness (QED) is 0.764. The summed E-state index contributed by atoms with van der Waals surface area (Å²) in [7, 11) is 2.95. The third-order valence-electron chi connectivity index (χ3n) is 1.97. The first kappa shape index (κ1) is 12.6. The fourth-order valence-corrected chi connectivity index (χ4v) is 1.47. The largest absolute Gasteiger partial charge is 0.496 e. The van der Waals surface area contributed by atoms with Crippen LogP contribution >= 0.6 is 11.6 Å². The Morgan fingerprint density at radius 2 is 1.88 bits per heavy atom. The zero-order chi connectivity index (χ0) is 12.1. The highest BCUT2D eigenvalue weighted by molar-refractivity contribution is 6.32. The molecule has 0 bridgehead atoms. The first-order chi connectivity index (χ1) is 7.63. The fourth-order valence-electron chi connectivity index (χ4n) is 1.23. The van der Waals surface area contributed by atoms with E-state index in [1.807, 2.05) is 0 Å². The van der Waals surface area contributed by atoms with Crippen LogP contribution in [0.3, 0.4) is 0 Å². The van der Waals surface area contributed by atoms with Crippen LogP contribution in [-0.4, -0.2) is 26.8 Å². The summed E-state index contributed by atoms with van der Waals surface area (Å²) in [5.74, 6) is 0.357. The first-order valence-corrected chi connectivity index (χ1v) is 5.10. The van der Waals surface area contributed by atoms with Gasteiger partial charge >= 0.3 is 5.97 Å². The minimum Gasteiger partial charge on any atom is -0.496 e. The van der Waals surface area contributed by atoms with Gasteiger partial charge in [0, 0.05) is 6.07 Å². The molecule has 4 nitrogen and oxygen atoms in total. The molecule has 0 N–H and O–H groups in total. The van der Waals surface area contributed by atoms with Gasteiger partial charge in [-0.25, -0.2) is 4.79 Å². The molecule has 0 radical (unpaired) electrons. The van der Waals surface area contributed by atoms with Crippen molar-refractivity contribution in [3.63, 3.8) is 0 Å². The molecule has 0 atom stereocenters. The second-order valence-corrected chi connectivity index (χ2v) is 3.31. The maximum atomic E-state index is 11.6. The molecular formula is C11H13ClO4. The molecule has 16 heavy (non-hydrogen) atoms. The molecule has 0 saturated carbocycles. The number of carbonyl (C=O) groups excluding carboxylic acids is 1. The van der Waals surface area contributed by atoms with Crippen LogP contribution in [0, 0.1) is 0 Å². The zero-order valence-electron chi connectivity index (χ0n) is 9.37. The Hall–Kier alpha value is -1.42. The van der Waals surface area contributed by atoms with Crippen LogP contribution in [0.2, 0.25) is 5.02 Å². The van der Waals surface area contributed by atoms with Crippen molar-refractivity contribution < 1.29 is 19.0 Å². The van der Waals surface area contributed by atoms with Gasteiger partial charge < -0.3 is 14.2 Å². The SMILES string of the molecule is CCOC(=O)c1cc(Cl)c(OC)cc1OC. The third kappa shape index (κ3) is 2.58. The van der Waals surface area contributed by atoms with E-state index in [-0.39, 0.29) is 5.56 Å². The highest BCUT2D eigenvalue weighted by atomic mass is 35.5. The summed E-state index contributed by atoms with van der Waals surface area (Å²) in [5.41, 5.74) is 0.287. The van der Waals surface area contributed by atoms with E-state index in [1.165, 1.54) is 20.3 Å². The van der Waals surface area contributed by atoms with Gasteiger partial charge in [0.25, 0.3) is 0 Å². The Morgan fingerprint density at radius 3 is 2.38 bits per heavy atom. The maximum Gasteiger partial charge on any atom is 0.341 e. The van der Waals surface area contributed by atoms with Gasteiger partial charge in [0.2, 0.25) is 0 Å². The molecule has 0 aliphatic carbocycles. The Bertz CT molecular complexity index is 390. The molecule has 0 aliphatic heterocycles. The number of methoxy groups -OCH3 is 2. The second kappa shape index (κ2) is 5.61. The van der Waals surface area contributed by atoms with Gasteiger partial charge in [0.15, 0.2) is 0 Å². The summed E-state index contributed by atoms with van der Waals surface area (Å²) in [5, 5.41) is 0.339. The number of hydrogen-bond donors (Lipinski definition) is 0. The van der Waals surface area contributed by atoms with Gasteiger partial charge in [-0.05, 0) is 13.0 Å². The van der Waals surface area contributed by atoms with Gasteiger partial charge in [-0.3, -0.25) is 0 Å². The van der Waals surface area contributed by atoms with E-state index in [9.17, 15) is 4.79 Å². The van der Waals surface area contributed by atoms with Crippen molar-refractivity contribution in [3.05, 3.63) is 22.7 Å². The number of hydrogen-bond acceptors (Lipinski definition) is 4. The highest BCUT2D eigenvalue weighted by Gasteiger charge is 2.16. The summed E-state index contributed by atoms with van der Waals surface area (Å²) >= 11 is 5.91. The van der Waals surface area contributed by atoms with Crippen LogP contribution in [0.4, 0.5) is 0 Å². The van der Waals surface area contributed by atoms with Gasteiger partial charge in [0.1, 0.15) is 17.1 Å². The molecule has 88 valence electrons. The molecule has 0 aliphatic rings. The summed E-state index contributed by atoms with van der Waals surface area (Å²) in [4.78, 5) is 11.6. The van der Waals surface area contributed by atoms with E-state index >= 15 is 0 Å². The average Bonchev–Trinajstić information content (AvgIpc) is 2.29. The van der Waals surface area contributed by atoms with Crippen molar-refractivity contribution in [1.82, 2.24) is 0 Å². The van der Waals surface area contributed by atoms with Crippen molar-refractivity contribution in [1.29, 1.82) is 0 Å². The van der Waals surface area contributed by atoms with Crippen molar-refractivity contribution >= 4 is 17.6 Å². The van der Waals surface area contributed by atoms with E-state index in [0.29, 0.717) is 23.1 Å².